The Labute approximate surface area is 160 Å². The number of carbonyl (C=O) groups is 1. The number of halogens is 1. The van der Waals surface area contributed by atoms with Gasteiger partial charge in [-0.25, -0.2) is 4.79 Å². The summed E-state index contributed by atoms with van der Waals surface area (Å²) in [6.07, 6.45) is 0.857. The highest BCUT2D eigenvalue weighted by Gasteiger charge is 2.30. The molecule has 142 valence electrons. The van der Waals surface area contributed by atoms with Gasteiger partial charge in [0.2, 0.25) is 0 Å². The second-order valence-corrected chi connectivity index (χ2v) is 7.90. The van der Waals surface area contributed by atoms with E-state index in [0.717, 1.165) is 57.3 Å². The summed E-state index contributed by atoms with van der Waals surface area (Å²) in [5.41, 5.74) is 3.69. The van der Waals surface area contributed by atoms with Crippen molar-refractivity contribution in [3.8, 4) is 0 Å². The van der Waals surface area contributed by atoms with Gasteiger partial charge in [0.15, 0.2) is 0 Å². The lowest BCUT2D eigenvalue weighted by molar-refractivity contribution is 0.0760. The molecule has 2 saturated heterocycles. The summed E-state index contributed by atoms with van der Waals surface area (Å²) in [7, 11) is 2.11. The Kier molecular flexibility index (Phi) is 5.36. The molecule has 2 amide bonds. The lowest BCUT2D eigenvalue weighted by Crippen LogP contribution is -2.52. The van der Waals surface area contributed by atoms with Gasteiger partial charge in [-0.05, 0) is 42.3 Å². The summed E-state index contributed by atoms with van der Waals surface area (Å²) >= 11 is 6.37. The van der Waals surface area contributed by atoms with Gasteiger partial charge in [-0.3, -0.25) is 0 Å². The van der Waals surface area contributed by atoms with Crippen LogP contribution in [0.4, 0.5) is 4.79 Å². The number of fused-ring (bicyclic) bond motifs is 1. The average Bonchev–Trinajstić information content (AvgIpc) is 2.68. The fourth-order valence-electron chi connectivity index (χ4n) is 4.09. The summed E-state index contributed by atoms with van der Waals surface area (Å²) in [4.78, 5) is 19.2. The lowest BCUT2D eigenvalue weighted by Gasteiger charge is -2.39. The number of ether oxygens (including phenoxy) is 1. The number of piperazine rings is 1. The van der Waals surface area contributed by atoms with E-state index in [0.29, 0.717) is 13.2 Å². The monoisotopic (exact) mass is 378 g/mol. The number of rotatable bonds is 1. The van der Waals surface area contributed by atoms with Crippen LogP contribution in [0.2, 0.25) is 5.02 Å². The van der Waals surface area contributed by atoms with Crippen molar-refractivity contribution in [1.82, 2.24) is 20.0 Å². The predicted octanol–water partition coefficient (Wildman–Crippen LogP) is 1.73. The summed E-state index contributed by atoms with van der Waals surface area (Å²) in [5, 5.41) is 4.29. The quantitative estimate of drug-likeness (QED) is 0.808. The Morgan fingerprint density at radius 3 is 2.73 bits per heavy atom. The van der Waals surface area contributed by atoms with Gasteiger partial charge in [0.25, 0.3) is 0 Å². The maximum absolute atomic E-state index is 13.0. The molecule has 26 heavy (non-hydrogen) atoms. The smallest absolute Gasteiger partial charge is 0.320 e. The van der Waals surface area contributed by atoms with Crippen LogP contribution in [0.1, 0.15) is 22.7 Å². The van der Waals surface area contributed by atoms with Crippen LogP contribution in [0.3, 0.4) is 0 Å². The number of carbonyl (C=O) groups excluding carboxylic acids is 1. The Hall–Kier alpha value is -1.34. The van der Waals surface area contributed by atoms with Crippen LogP contribution in [0.15, 0.2) is 12.1 Å². The molecule has 0 aliphatic carbocycles. The molecule has 0 spiro atoms. The molecule has 0 bridgehead atoms. The Morgan fingerprint density at radius 2 is 2.00 bits per heavy atom. The molecular formula is C19H27ClN4O2. The number of hydrogen-bond acceptors (Lipinski definition) is 4. The van der Waals surface area contributed by atoms with Gasteiger partial charge in [-0.2, -0.15) is 0 Å². The van der Waals surface area contributed by atoms with Crippen LogP contribution in [-0.4, -0.2) is 80.3 Å². The Bertz CT molecular complexity index is 670. The first-order chi connectivity index (χ1) is 12.6. The Morgan fingerprint density at radius 1 is 1.19 bits per heavy atom. The number of urea groups is 1. The van der Waals surface area contributed by atoms with E-state index in [9.17, 15) is 4.79 Å². The van der Waals surface area contributed by atoms with Crippen molar-refractivity contribution in [2.45, 2.75) is 19.0 Å². The second-order valence-electron chi connectivity index (χ2n) is 7.46. The molecular weight excluding hydrogens is 352 g/mol. The number of amides is 2. The van der Waals surface area contributed by atoms with Gasteiger partial charge >= 0.3 is 6.03 Å². The van der Waals surface area contributed by atoms with E-state index in [-0.39, 0.29) is 12.1 Å². The van der Waals surface area contributed by atoms with Crippen LogP contribution in [0.5, 0.6) is 0 Å². The number of hydrogen-bond donors (Lipinski definition) is 1. The maximum Gasteiger partial charge on any atom is 0.320 e. The zero-order chi connectivity index (χ0) is 18.1. The first-order valence-electron chi connectivity index (χ1n) is 9.46. The maximum atomic E-state index is 13.0. The number of benzene rings is 1. The third-order valence-electron chi connectivity index (χ3n) is 5.68. The third kappa shape index (κ3) is 3.69. The molecule has 0 unspecified atom stereocenters. The van der Waals surface area contributed by atoms with E-state index in [1.807, 2.05) is 15.9 Å². The molecule has 6 nitrogen and oxygen atoms in total. The second kappa shape index (κ2) is 7.72. The molecule has 2 fully saturated rings. The van der Waals surface area contributed by atoms with Crippen molar-refractivity contribution in [3.63, 3.8) is 0 Å². The summed E-state index contributed by atoms with van der Waals surface area (Å²) in [6, 6.07) is 4.41. The van der Waals surface area contributed by atoms with Gasteiger partial charge in [-0.1, -0.05) is 11.6 Å². The van der Waals surface area contributed by atoms with E-state index in [2.05, 4.69) is 23.3 Å². The van der Waals surface area contributed by atoms with E-state index >= 15 is 0 Å². The minimum absolute atomic E-state index is 0.148. The van der Waals surface area contributed by atoms with Crippen LogP contribution in [-0.2, 0) is 17.7 Å². The van der Waals surface area contributed by atoms with Gasteiger partial charge in [0.05, 0.1) is 19.3 Å². The fraction of sp³-hybridized carbons (Fsp3) is 0.632. The van der Waals surface area contributed by atoms with Crippen LogP contribution in [0, 0.1) is 0 Å². The number of morpholine rings is 1. The standard InChI is InChI=1S/C19H27ClN4O2/c1-22-5-7-23(8-6-22)19(25)24-4-2-14-10-15(20)11-16(17(14)12-24)18-13-26-9-3-21-18/h10-11,18,21H,2-9,12-13H2,1H3/t18-/m0/s1. The van der Waals surface area contributed by atoms with Gasteiger partial charge in [0.1, 0.15) is 0 Å². The highest BCUT2D eigenvalue weighted by atomic mass is 35.5. The van der Waals surface area contributed by atoms with Gasteiger partial charge < -0.3 is 24.8 Å². The lowest BCUT2D eigenvalue weighted by atomic mass is 9.91. The first kappa shape index (κ1) is 18.0. The highest BCUT2D eigenvalue weighted by Crippen LogP contribution is 2.31. The molecule has 3 aliphatic heterocycles. The molecule has 0 radical (unpaired) electrons. The number of nitrogens with zero attached hydrogens (tertiary/aromatic N) is 3. The normalized spacial score (nSPS) is 24.5. The largest absolute Gasteiger partial charge is 0.378 e. The van der Waals surface area contributed by atoms with Gasteiger partial charge in [-0.15, -0.1) is 0 Å². The van der Waals surface area contributed by atoms with Crippen molar-refractivity contribution in [3.05, 3.63) is 33.8 Å². The van der Waals surface area contributed by atoms with E-state index in [4.69, 9.17) is 16.3 Å². The summed E-state index contributed by atoms with van der Waals surface area (Å²) in [6.45, 7) is 7.16. The average molecular weight is 379 g/mol. The molecule has 0 saturated carbocycles. The summed E-state index contributed by atoms with van der Waals surface area (Å²) in [5.74, 6) is 0. The SMILES string of the molecule is CN1CCN(C(=O)N2CCc3cc(Cl)cc([C@@H]4COCCN4)c3C2)CC1. The third-order valence-corrected chi connectivity index (χ3v) is 5.90. The van der Waals surface area contributed by atoms with E-state index in [1.165, 1.54) is 16.7 Å². The van der Waals surface area contributed by atoms with Crippen LogP contribution < -0.4 is 5.32 Å². The molecule has 3 heterocycles. The highest BCUT2D eigenvalue weighted by molar-refractivity contribution is 6.30. The molecule has 1 aromatic carbocycles. The molecule has 1 aromatic rings. The zero-order valence-corrected chi connectivity index (χ0v) is 16.1. The zero-order valence-electron chi connectivity index (χ0n) is 15.3. The van der Waals surface area contributed by atoms with Crippen molar-refractivity contribution in [1.29, 1.82) is 0 Å². The van der Waals surface area contributed by atoms with E-state index < -0.39 is 0 Å². The Balaban J connectivity index is 1.54. The van der Waals surface area contributed by atoms with E-state index in [1.54, 1.807) is 0 Å². The molecule has 3 aliphatic rings. The minimum Gasteiger partial charge on any atom is -0.378 e. The van der Waals surface area contributed by atoms with Crippen molar-refractivity contribution in [2.24, 2.45) is 0 Å². The fourth-order valence-corrected chi connectivity index (χ4v) is 4.34. The predicted molar refractivity (Wildman–Crippen MR) is 102 cm³/mol. The van der Waals surface area contributed by atoms with Crippen molar-refractivity contribution >= 4 is 17.6 Å². The number of nitrogens with one attached hydrogen (secondary N) is 1. The van der Waals surface area contributed by atoms with Crippen molar-refractivity contribution < 1.29 is 9.53 Å². The topological polar surface area (TPSA) is 48.0 Å². The van der Waals surface area contributed by atoms with Crippen LogP contribution >= 0.6 is 11.6 Å². The molecule has 0 aromatic heterocycles. The van der Waals surface area contributed by atoms with Crippen LogP contribution in [0.25, 0.3) is 0 Å². The molecule has 1 atom stereocenters. The molecule has 1 N–H and O–H groups in total. The first-order valence-corrected chi connectivity index (χ1v) is 9.84. The number of likely N-dealkylation sites (N-methyl/N-ethyl adjacent to an activating group) is 1. The van der Waals surface area contributed by atoms with Crippen molar-refractivity contribution in [2.75, 3.05) is 59.5 Å². The molecule has 4 rings (SSSR count). The molecule has 7 heteroatoms. The summed E-state index contributed by atoms with van der Waals surface area (Å²) < 4.78 is 5.65. The minimum atomic E-state index is 0.148. The van der Waals surface area contributed by atoms with Gasteiger partial charge in [0, 0.05) is 50.8 Å².